The molecule has 0 radical (unpaired) electrons. The van der Waals surface area contributed by atoms with Gasteiger partial charge in [-0.15, -0.1) is 0 Å². The van der Waals surface area contributed by atoms with Crippen molar-refractivity contribution >= 4 is 0 Å². The van der Waals surface area contributed by atoms with Gasteiger partial charge in [-0.3, -0.25) is 0 Å². The maximum absolute atomic E-state index is 13.6. The first-order valence-electron chi connectivity index (χ1n) is 6.13. The molecule has 0 amide bonds. The molecule has 0 aromatic heterocycles. The Hall–Kier alpha value is -1.74. The Balaban J connectivity index is 2.39. The first kappa shape index (κ1) is 13.7. The Morgan fingerprint density at radius 2 is 1.58 bits per heavy atom. The molecule has 0 heterocycles. The molecule has 1 atom stereocenters. The van der Waals surface area contributed by atoms with Crippen LogP contribution in [0.1, 0.15) is 23.6 Å². The van der Waals surface area contributed by atoms with Gasteiger partial charge < -0.3 is 5.11 Å². The van der Waals surface area contributed by atoms with Crippen LogP contribution in [0.2, 0.25) is 0 Å². The first-order valence-corrected chi connectivity index (χ1v) is 6.13. The summed E-state index contributed by atoms with van der Waals surface area (Å²) in [6.45, 7) is 3.43. The fourth-order valence-electron chi connectivity index (χ4n) is 2.32. The predicted octanol–water partition coefficient (Wildman–Crippen LogP) is 3.72. The van der Waals surface area contributed by atoms with Gasteiger partial charge in [0.25, 0.3) is 0 Å². The highest BCUT2D eigenvalue weighted by atomic mass is 19.1. The van der Waals surface area contributed by atoms with Gasteiger partial charge in [0.1, 0.15) is 11.6 Å². The smallest absolute Gasteiger partial charge is 0.129 e. The van der Waals surface area contributed by atoms with Crippen LogP contribution in [0.5, 0.6) is 0 Å². The summed E-state index contributed by atoms with van der Waals surface area (Å²) in [5, 5.41) is 10.5. The molecule has 0 saturated heterocycles. The third-order valence-corrected chi connectivity index (χ3v) is 3.31. The largest absolute Gasteiger partial charge is 0.385 e. The summed E-state index contributed by atoms with van der Waals surface area (Å²) in [5.74, 6) is -1.26. The second-order valence-electron chi connectivity index (χ2n) is 4.97. The summed E-state index contributed by atoms with van der Waals surface area (Å²) >= 11 is 0. The lowest BCUT2D eigenvalue weighted by Gasteiger charge is -2.26. The van der Waals surface area contributed by atoms with Crippen molar-refractivity contribution < 1.29 is 13.9 Å². The summed E-state index contributed by atoms with van der Waals surface area (Å²) in [4.78, 5) is 0. The molecule has 0 aliphatic rings. The van der Waals surface area contributed by atoms with E-state index in [1.165, 1.54) is 18.2 Å². The van der Waals surface area contributed by atoms with Crippen molar-refractivity contribution in [2.45, 2.75) is 25.9 Å². The highest BCUT2D eigenvalue weighted by Crippen LogP contribution is 2.29. The molecule has 1 nitrogen and oxygen atoms in total. The highest BCUT2D eigenvalue weighted by Gasteiger charge is 2.27. The topological polar surface area (TPSA) is 20.2 Å². The number of hydrogen-bond donors (Lipinski definition) is 1. The van der Waals surface area contributed by atoms with E-state index in [9.17, 15) is 13.9 Å². The van der Waals surface area contributed by atoms with Crippen LogP contribution in [-0.2, 0) is 12.0 Å². The fraction of sp³-hybridized carbons (Fsp3) is 0.250. The molecule has 19 heavy (non-hydrogen) atoms. The molecule has 2 rings (SSSR count). The van der Waals surface area contributed by atoms with Crippen molar-refractivity contribution in [1.82, 2.24) is 0 Å². The van der Waals surface area contributed by atoms with E-state index in [1.54, 1.807) is 19.1 Å². The molecular formula is C16H16F2O. The molecule has 0 aliphatic carbocycles. The minimum absolute atomic E-state index is 0.0873. The molecule has 0 fully saturated rings. The monoisotopic (exact) mass is 262 g/mol. The quantitative estimate of drug-likeness (QED) is 0.893. The van der Waals surface area contributed by atoms with Crippen LogP contribution in [-0.4, -0.2) is 5.11 Å². The van der Waals surface area contributed by atoms with Crippen LogP contribution < -0.4 is 0 Å². The van der Waals surface area contributed by atoms with Crippen LogP contribution in [0.25, 0.3) is 0 Å². The summed E-state index contributed by atoms with van der Waals surface area (Å²) in [6.07, 6.45) is -0.101. The zero-order valence-corrected chi connectivity index (χ0v) is 11.0. The Labute approximate surface area is 111 Å². The standard InChI is InChI=1S/C16H16F2O/c1-11-6-3-4-7-13(11)16(2,19)10-12-14(17)8-5-9-15(12)18/h3-9,19H,10H2,1-2H3. The second-order valence-corrected chi connectivity index (χ2v) is 4.97. The number of benzene rings is 2. The summed E-state index contributed by atoms with van der Waals surface area (Å²) < 4.78 is 27.3. The van der Waals surface area contributed by atoms with Gasteiger partial charge in [0.15, 0.2) is 0 Å². The average molecular weight is 262 g/mol. The zero-order chi connectivity index (χ0) is 14.0. The summed E-state index contributed by atoms with van der Waals surface area (Å²) in [7, 11) is 0. The van der Waals surface area contributed by atoms with Gasteiger partial charge in [-0.05, 0) is 37.1 Å². The van der Waals surface area contributed by atoms with Gasteiger partial charge in [-0.1, -0.05) is 30.3 Å². The van der Waals surface area contributed by atoms with Gasteiger partial charge in [0, 0.05) is 12.0 Å². The van der Waals surface area contributed by atoms with E-state index in [-0.39, 0.29) is 12.0 Å². The van der Waals surface area contributed by atoms with Crippen LogP contribution in [0.15, 0.2) is 42.5 Å². The molecule has 100 valence electrons. The van der Waals surface area contributed by atoms with E-state index >= 15 is 0 Å². The lowest BCUT2D eigenvalue weighted by Crippen LogP contribution is -2.26. The molecule has 0 bridgehead atoms. The molecule has 0 saturated carbocycles. The number of rotatable bonds is 3. The van der Waals surface area contributed by atoms with E-state index in [4.69, 9.17) is 0 Å². The molecule has 1 unspecified atom stereocenters. The van der Waals surface area contributed by atoms with Crippen LogP contribution >= 0.6 is 0 Å². The number of aryl methyl sites for hydroxylation is 1. The van der Waals surface area contributed by atoms with Crippen molar-refractivity contribution in [3.05, 3.63) is 70.8 Å². The Morgan fingerprint density at radius 3 is 2.16 bits per heavy atom. The van der Waals surface area contributed by atoms with Gasteiger partial charge in [-0.25, -0.2) is 8.78 Å². The fourth-order valence-corrected chi connectivity index (χ4v) is 2.32. The molecular weight excluding hydrogens is 246 g/mol. The number of halogens is 2. The van der Waals surface area contributed by atoms with E-state index in [0.717, 1.165) is 5.56 Å². The first-order chi connectivity index (χ1) is 8.92. The SMILES string of the molecule is Cc1ccccc1C(C)(O)Cc1c(F)cccc1F. The Kier molecular flexibility index (Phi) is 3.67. The normalized spacial score (nSPS) is 14.2. The van der Waals surface area contributed by atoms with Crippen molar-refractivity contribution in [3.63, 3.8) is 0 Å². The van der Waals surface area contributed by atoms with Crippen molar-refractivity contribution in [2.75, 3.05) is 0 Å². The Morgan fingerprint density at radius 1 is 1.00 bits per heavy atom. The zero-order valence-electron chi connectivity index (χ0n) is 11.0. The van der Waals surface area contributed by atoms with Crippen LogP contribution in [0.3, 0.4) is 0 Å². The number of aliphatic hydroxyl groups is 1. The van der Waals surface area contributed by atoms with E-state index in [1.807, 2.05) is 19.1 Å². The van der Waals surface area contributed by atoms with Gasteiger partial charge in [-0.2, -0.15) is 0 Å². The van der Waals surface area contributed by atoms with E-state index in [2.05, 4.69) is 0 Å². The van der Waals surface area contributed by atoms with Gasteiger partial charge >= 0.3 is 0 Å². The maximum Gasteiger partial charge on any atom is 0.129 e. The molecule has 0 spiro atoms. The van der Waals surface area contributed by atoms with E-state index in [0.29, 0.717) is 5.56 Å². The third kappa shape index (κ3) is 2.82. The lowest BCUT2D eigenvalue weighted by atomic mass is 9.86. The number of hydrogen-bond acceptors (Lipinski definition) is 1. The average Bonchev–Trinajstić information content (AvgIpc) is 2.34. The molecule has 2 aromatic rings. The second kappa shape index (κ2) is 5.10. The molecule has 0 aliphatic heterocycles. The van der Waals surface area contributed by atoms with Gasteiger partial charge in [0.2, 0.25) is 0 Å². The molecule has 2 aromatic carbocycles. The lowest BCUT2D eigenvalue weighted by molar-refractivity contribution is 0.0550. The van der Waals surface area contributed by atoms with Crippen LogP contribution in [0, 0.1) is 18.6 Å². The highest BCUT2D eigenvalue weighted by molar-refractivity contribution is 5.33. The van der Waals surface area contributed by atoms with Crippen molar-refractivity contribution in [2.24, 2.45) is 0 Å². The van der Waals surface area contributed by atoms with Crippen molar-refractivity contribution in [1.29, 1.82) is 0 Å². The van der Waals surface area contributed by atoms with Gasteiger partial charge in [0.05, 0.1) is 5.60 Å². The Bertz CT molecular complexity index is 571. The molecule has 3 heteroatoms. The summed E-state index contributed by atoms with van der Waals surface area (Å²) in [6, 6.07) is 11.0. The third-order valence-electron chi connectivity index (χ3n) is 3.31. The van der Waals surface area contributed by atoms with Crippen molar-refractivity contribution in [3.8, 4) is 0 Å². The minimum atomic E-state index is -1.31. The minimum Gasteiger partial charge on any atom is -0.385 e. The van der Waals surface area contributed by atoms with E-state index < -0.39 is 17.2 Å². The van der Waals surface area contributed by atoms with Crippen LogP contribution in [0.4, 0.5) is 8.78 Å². The maximum atomic E-state index is 13.6. The molecule has 1 N–H and O–H groups in total. The summed E-state index contributed by atoms with van der Waals surface area (Å²) in [5.41, 5.74) is 0.173. The predicted molar refractivity (Wildman–Crippen MR) is 70.8 cm³/mol.